The number of hydrogen-bond donors (Lipinski definition) is 4. The number of phenols is 1. The van der Waals surface area contributed by atoms with Crippen molar-refractivity contribution in [3.8, 4) is 21.9 Å². The van der Waals surface area contributed by atoms with E-state index in [1.165, 1.54) is 55.8 Å². The Hall–Kier alpha value is -3.31. The normalized spacial score (nSPS) is 11.0. The second-order valence-corrected chi connectivity index (χ2v) is 8.81. The first-order chi connectivity index (χ1) is 14.2. The maximum absolute atomic E-state index is 13.0. The number of rotatable bonds is 6. The third kappa shape index (κ3) is 4.63. The van der Waals surface area contributed by atoms with Crippen molar-refractivity contribution in [1.82, 2.24) is 10.3 Å². The molecule has 0 spiro atoms. The molecule has 0 radical (unpaired) electrons. The number of aromatic nitrogens is 1. The lowest BCUT2D eigenvalue weighted by Crippen LogP contribution is -2.24. The van der Waals surface area contributed by atoms with E-state index in [0.717, 1.165) is 0 Å². The maximum Gasteiger partial charge on any atom is 0.320 e. The van der Waals surface area contributed by atoms with Crippen molar-refractivity contribution in [2.24, 2.45) is 0 Å². The molecule has 11 heteroatoms. The minimum Gasteiger partial charge on any atom is -0.508 e. The molecule has 0 saturated carbocycles. The highest BCUT2D eigenvalue weighted by Gasteiger charge is 2.22. The van der Waals surface area contributed by atoms with Gasteiger partial charge >= 0.3 is 6.03 Å². The Labute approximate surface area is 177 Å². The molecule has 2 amide bonds. The average Bonchev–Trinajstić information content (AvgIpc) is 3.08. The Bertz CT molecular complexity index is 1170. The summed E-state index contributed by atoms with van der Waals surface area (Å²) in [6.07, 6.45) is 0. The largest absolute Gasteiger partial charge is 0.508 e. The van der Waals surface area contributed by atoms with Crippen LogP contribution in [0.15, 0.2) is 47.4 Å². The zero-order chi connectivity index (χ0) is 21.9. The van der Waals surface area contributed by atoms with E-state index in [4.69, 9.17) is 4.74 Å². The van der Waals surface area contributed by atoms with Crippen molar-refractivity contribution < 1.29 is 23.1 Å². The van der Waals surface area contributed by atoms with Gasteiger partial charge in [0, 0.05) is 12.7 Å². The number of aromatic hydroxyl groups is 1. The molecule has 4 N–H and O–H groups in total. The van der Waals surface area contributed by atoms with Crippen LogP contribution in [-0.4, -0.2) is 38.7 Å². The van der Waals surface area contributed by atoms with E-state index in [1.54, 1.807) is 19.1 Å². The van der Waals surface area contributed by atoms with Gasteiger partial charge in [0.1, 0.15) is 16.4 Å². The maximum atomic E-state index is 13.0. The summed E-state index contributed by atoms with van der Waals surface area (Å²) < 4.78 is 33.7. The summed E-state index contributed by atoms with van der Waals surface area (Å²) in [5.41, 5.74) is 1.56. The van der Waals surface area contributed by atoms with Gasteiger partial charge in [-0.25, -0.2) is 18.2 Å². The molecule has 3 aromatic rings. The van der Waals surface area contributed by atoms with Crippen molar-refractivity contribution in [2.75, 3.05) is 24.2 Å². The predicted octanol–water partition coefficient (Wildman–Crippen LogP) is 3.38. The number of carbonyl (C=O) groups excluding carboxylic acids is 1. The fourth-order valence-electron chi connectivity index (χ4n) is 2.64. The number of amides is 2. The van der Waals surface area contributed by atoms with E-state index in [9.17, 15) is 18.3 Å². The van der Waals surface area contributed by atoms with Gasteiger partial charge in [-0.3, -0.25) is 10.0 Å². The van der Waals surface area contributed by atoms with Crippen molar-refractivity contribution in [1.29, 1.82) is 0 Å². The van der Waals surface area contributed by atoms with E-state index < -0.39 is 16.1 Å². The third-order valence-corrected chi connectivity index (χ3v) is 6.60. The first-order valence-electron chi connectivity index (χ1n) is 8.70. The molecular weight excluding hydrogens is 428 g/mol. The van der Waals surface area contributed by atoms with Gasteiger partial charge in [0.05, 0.1) is 17.7 Å². The molecule has 1 aromatic heterocycles. The molecule has 0 saturated heterocycles. The first kappa shape index (κ1) is 21.4. The number of nitrogens with one attached hydrogen (secondary N) is 3. The minimum absolute atomic E-state index is 0.0272. The van der Waals surface area contributed by atoms with Crippen LogP contribution >= 0.6 is 11.3 Å². The zero-order valence-corrected chi connectivity index (χ0v) is 18.0. The lowest BCUT2D eigenvalue weighted by molar-refractivity contribution is 0.254. The quantitative estimate of drug-likeness (QED) is 0.428. The van der Waals surface area contributed by atoms with E-state index in [2.05, 4.69) is 20.3 Å². The van der Waals surface area contributed by atoms with Crippen LogP contribution in [0.3, 0.4) is 0 Å². The van der Waals surface area contributed by atoms with Crippen LogP contribution < -0.4 is 20.1 Å². The van der Waals surface area contributed by atoms with E-state index >= 15 is 0 Å². The second-order valence-electron chi connectivity index (χ2n) is 6.16. The molecular formula is C19H20N4O5S2. The average molecular weight is 449 g/mol. The predicted molar refractivity (Wildman–Crippen MR) is 116 cm³/mol. The molecule has 0 aliphatic rings. The van der Waals surface area contributed by atoms with Crippen molar-refractivity contribution in [2.45, 2.75) is 11.8 Å². The fourth-order valence-corrected chi connectivity index (χ4v) is 4.86. The summed E-state index contributed by atoms with van der Waals surface area (Å²) in [6, 6.07) is 10.0. The summed E-state index contributed by atoms with van der Waals surface area (Å²) >= 11 is 1.23. The van der Waals surface area contributed by atoms with Crippen molar-refractivity contribution >= 4 is 38.2 Å². The Morgan fingerprint density at radius 2 is 1.87 bits per heavy atom. The third-order valence-electron chi connectivity index (χ3n) is 4.08. The van der Waals surface area contributed by atoms with Gasteiger partial charge in [0.2, 0.25) is 0 Å². The summed E-state index contributed by atoms with van der Waals surface area (Å²) in [6.45, 7) is 1.77. The Kier molecular flexibility index (Phi) is 6.13. The number of carbonyl (C=O) groups is 1. The molecule has 0 unspecified atom stereocenters. The minimum atomic E-state index is -3.98. The molecule has 158 valence electrons. The Balaban J connectivity index is 1.99. The van der Waals surface area contributed by atoms with Gasteiger partial charge in [-0.15, -0.1) is 0 Å². The van der Waals surface area contributed by atoms with Crippen molar-refractivity contribution in [3.05, 3.63) is 48.2 Å². The standard InChI is InChI=1S/C19H20N4O5S2/c1-11-17(29-19(21-11)22-18(25)20-2)12-4-9-15(28-3)16(10-12)30(26,27)23-13-5-7-14(24)8-6-13/h4-10,23-24H,1-3H3,(H2,20,21,22,25). The molecule has 2 aromatic carbocycles. The molecule has 30 heavy (non-hydrogen) atoms. The highest BCUT2D eigenvalue weighted by molar-refractivity contribution is 7.92. The van der Waals surface area contributed by atoms with Crippen LogP contribution in [0.1, 0.15) is 5.69 Å². The van der Waals surface area contributed by atoms with E-state index in [-0.39, 0.29) is 16.4 Å². The molecule has 1 heterocycles. The lowest BCUT2D eigenvalue weighted by Gasteiger charge is -2.13. The van der Waals surface area contributed by atoms with Gasteiger partial charge in [0.25, 0.3) is 10.0 Å². The van der Waals surface area contributed by atoms with Crippen LogP contribution in [0.25, 0.3) is 10.4 Å². The van der Waals surface area contributed by atoms with Crippen LogP contribution in [-0.2, 0) is 10.0 Å². The van der Waals surface area contributed by atoms with Crippen LogP contribution in [0.5, 0.6) is 11.5 Å². The molecule has 0 aliphatic heterocycles. The SMILES string of the molecule is CNC(=O)Nc1nc(C)c(-c2ccc(OC)c(S(=O)(=O)Nc3ccc(O)cc3)c2)s1. The van der Waals surface area contributed by atoms with E-state index in [1.807, 2.05) is 0 Å². The van der Waals surface area contributed by atoms with Crippen LogP contribution in [0.4, 0.5) is 15.6 Å². The molecule has 0 aliphatic carbocycles. The highest BCUT2D eigenvalue weighted by Crippen LogP contribution is 2.37. The number of methoxy groups -OCH3 is 1. The van der Waals surface area contributed by atoms with Gasteiger partial charge in [0.15, 0.2) is 5.13 Å². The summed E-state index contributed by atoms with van der Waals surface area (Å²) in [4.78, 5) is 16.5. The van der Waals surface area contributed by atoms with Crippen LogP contribution in [0, 0.1) is 6.92 Å². The number of phenolic OH excluding ortho intramolecular Hbond substituents is 1. The number of ether oxygens (including phenoxy) is 1. The zero-order valence-electron chi connectivity index (χ0n) is 16.4. The number of thiazole rings is 1. The highest BCUT2D eigenvalue weighted by atomic mass is 32.2. The molecule has 3 rings (SSSR count). The second kappa shape index (κ2) is 8.59. The van der Waals surface area contributed by atoms with Gasteiger partial charge in [-0.1, -0.05) is 11.3 Å². The lowest BCUT2D eigenvalue weighted by atomic mass is 10.1. The number of sulfonamides is 1. The number of nitrogens with zero attached hydrogens (tertiary/aromatic N) is 1. The summed E-state index contributed by atoms with van der Waals surface area (Å²) in [5.74, 6) is 0.204. The monoisotopic (exact) mass is 448 g/mol. The topological polar surface area (TPSA) is 130 Å². The molecule has 0 bridgehead atoms. The van der Waals surface area contributed by atoms with Gasteiger partial charge in [-0.05, 0) is 55.0 Å². The Morgan fingerprint density at radius 1 is 1.17 bits per heavy atom. The van der Waals surface area contributed by atoms with Crippen LogP contribution in [0.2, 0.25) is 0 Å². The number of hydrogen-bond acceptors (Lipinski definition) is 7. The molecule has 0 fully saturated rings. The summed E-state index contributed by atoms with van der Waals surface area (Å²) in [7, 11) is -1.10. The fraction of sp³-hybridized carbons (Fsp3) is 0.158. The van der Waals surface area contributed by atoms with E-state index in [0.29, 0.717) is 27.0 Å². The Morgan fingerprint density at radius 3 is 2.50 bits per heavy atom. The smallest absolute Gasteiger partial charge is 0.320 e. The molecule has 9 nitrogen and oxygen atoms in total. The number of benzene rings is 2. The summed E-state index contributed by atoms with van der Waals surface area (Å²) in [5, 5.41) is 14.8. The van der Waals surface area contributed by atoms with Gasteiger partial charge < -0.3 is 15.2 Å². The van der Waals surface area contributed by atoms with Crippen molar-refractivity contribution in [3.63, 3.8) is 0 Å². The number of aryl methyl sites for hydroxylation is 1. The molecule has 0 atom stereocenters. The first-order valence-corrected chi connectivity index (χ1v) is 11.0. The van der Waals surface area contributed by atoms with Gasteiger partial charge in [-0.2, -0.15) is 0 Å². The number of urea groups is 1. The number of anilines is 2.